The van der Waals surface area contributed by atoms with Crippen LogP contribution in [0.15, 0.2) is 48.8 Å². The molecular weight excluding hydrogens is 316 g/mol. The zero-order valence-electron chi connectivity index (χ0n) is 13.9. The standard InChI is InChI=1S/C19H18N4O2/c1-14-18(12-20)19(23(22-14)16-6-9-21-10-7-16)13-25-17-4-2-15(3-5-17)8-11-24/h2-7,9-10,24H,8,11,13H2,1H3. The molecule has 3 rings (SSSR count). The van der Waals surface area contributed by atoms with Crippen LogP contribution in [-0.4, -0.2) is 26.5 Å². The predicted molar refractivity (Wildman–Crippen MR) is 92.4 cm³/mol. The number of hydrogen-bond donors (Lipinski definition) is 1. The second-order valence-electron chi connectivity index (χ2n) is 5.54. The predicted octanol–water partition coefficient (Wildman–Crippen LogP) is 2.56. The Morgan fingerprint density at radius 1 is 1.16 bits per heavy atom. The summed E-state index contributed by atoms with van der Waals surface area (Å²) in [4.78, 5) is 4.01. The second-order valence-corrected chi connectivity index (χ2v) is 5.54. The zero-order chi connectivity index (χ0) is 17.6. The van der Waals surface area contributed by atoms with Gasteiger partial charge >= 0.3 is 0 Å². The Hall–Kier alpha value is -3.17. The van der Waals surface area contributed by atoms with Crippen molar-refractivity contribution in [1.82, 2.24) is 14.8 Å². The highest BCUT2D eigenvalue weighted by Gasteiger charge is 2.17. The molecule has 0 spiro atoms. The molecule has 0 amide bonds. The lowest BCUT2D eigenvalue weighted by atomic mass is 10.1. The van der Waals surface area contributed by atoms with Gasteiger partial charge in [-0.1, -0.05) is 12.1 Å². The van der Waals surface area contributed by atoms with Crippen molar-refractivity contribution in [3.05, 3.63) is 71.3 Å². The summed E-state index contributed by atoms with van der Waals surface area (Å²) in [6.45, 7) is 2.16. The molecule has 0 radical (unpaired) electrons. The minimum absolute atomic E-state index is 0.121. The van der Waals surface area contributed by atoms with Crippen molar-refractivity contribution in [3.63, 3.8) is 0 Å². The monoisotopic (exact) mass is 334 g/mol. The van der Waals surface area contributed by atoms with Gasteiger partial charge in [-0.25, -0.2) is 4.68 Å². The Labute approximate surface area is 145 Å². The van der Waals surface area contributed by atoms with Gasteiger partial charge in [0.25, 0.3) is 0 Å². The van der Waals surface area contributed by atoms with Crippen LogP contribution < -0.4 is 4.74 Å². The third kappa shape index (κ3) is 3.67. The van der Waals surface area contributed by atoms with Gasteiger partial charge in [0.05, 0.1) is 17.1 Å². The molecule has 6 heteroatoms. The van der Waals surface area contributed by atoms with Crippen LogP contribution in [0.25, 0.3) is 5.69 Å². The van der Waals surface area contributed by atoms with Gasteiger partial charge < -0.3 is 9.84 Å². The van der Waals surface area contributed by atoms with E-state index < -0.39 is 0 Å². The molecule has 2 heterocycles. The molecule has 0 fully saturated rings. The summed E-state index contributed by atoms with van der Waals surface area (Å²) >= 11 is 0. The van der Waals surface area contributed by atoms with E-state index in [1.54, 1.807) is 17.1 Å². The van der Waals surface area contributed by atoms with E-state index in [9.17, 15) is 5.26 Å². The Bertz CT molecular complexity index is 880. The quantitative estimate of drug-likeness (QED) is 0.749. The number of aliphatic hydroxyl groups excluding tert-OH is 1. The van der Waals surface area contributed by atoms with Crippen molar-refractivity contribution in [2.75, 3.05) is 6.61 Å². The zero-order valence-corrected chi connectivity index (χ0v) is 13.9. The summed E-state index contributed by atoms with van der Waals surface area (Å²) in [6, 6.07) is 13.4. The van der Waals surface area contributed by atoms with Crippen molar-refractivity contribution in [3.8, 4) is 17.5 Å². The van der Waals surface area contributed by atoms with E-state index in [1.165, 1.54) is 0 Å². The van der Waals surface area contributed by atoms with E-state index in [0.717, 1.165) is 11.3 Å². The number of pyridine rings is 1. The molecular formula is C19H18N4O2. The topological polar surface area (TPSA) is 84.0 Å². The van der Waals surface area contributed by atoms with Gasteiger partial charge in [-0.2, -0.15) is 10.4 Å². The molecule has 0 bridgehead atoms. The SMILES string of the molecule is Cc1nn(-c2ccncc2)c(COc2ccc(CCO)cc2)c1C#N. The van der Waals surface area contributed by atoms with Crippen LogP contribution in [0.1, 0.15) is 22.5 Å². The number of hydrogen-bond acceptors (Lipinski definition) is 5. The number of nitrogens with zero attached hydrogens (tertiary/aromatic N) is 4. The minimum atomic E-state index is 0.121. The Balaban J connectivity index is 1.85. The summed E-state index contributed by atoms with van der Waals surface area (Å²) in [5, 5.41) is 22.9. The van der Waals surface area contributed by atoms with Crippen molar-refractivity contribution in [2.24, 2.45) is 0 Å². The number of aryl methyl sites for hydroxylation is 1. The van der Waals surface area contributed by atoms with Crippen LogP contribution in [0.3, 0.4) is 0 Å². The second kappa shape index (κ2) is 7.60. The first kappa shape index (κ1) is 16.7. The third-order valence-corrected chi connectivity index (χ3v) is 3.87. The highest BCUT2D eigenvalue weighted by molar-refractivity contribution is 5.43. The third-order valence-electron chi connectivity index (χ3n) is 3.87. The van der Waals surface area contributed by atoms with Crippen LogP contribution >= 0.6 is 0 Å². The van der Waals surface area contributed by atoms with Gasteiger partial charge in [-0.15, -0.1) is 0 Å². The average molecular weight is 334 g/mol. The molecule has 126 valence electrons. The molecule has 1 aromatic carbocycles. The fraction of sp³-hybridized carbons (Fsp3) is 0.211. The van der Waals surface area contributed by atoms with Crippen LogP contribution in [0.5, 0.6) is 5.75 Å². The van der Waals surface area contributed by atoms with Gasteiger partial charge in [0.15, 0.2) is 0 Å². The summed E-state index contributed by atoms with van der Waals surface area (Å²) in [5.41, 5.74) is 3.76. The van der Waals surface area contributed by atoms with E-state index >= 15 is 0 Å². The molecule has 2 aromatic heterocycles. The number of ether oxygens (including phenoxy) is 1. The van der Waals surface area contributed by atoms with Crippen molar-refractivity contribution in [1.29, 1.82) is 5.26 Å². The summed E-state index contributed by atoms with van der Waals surface area (Å²) < 4.78 is 7.57. The maximum Gasteiger partial charge on any atom is 0.132 e. The molecule has 0 aliphatic rings. The first-order chi connectivity index (χ1) is 12.2. The molecule has 0 aliphatic carbocycles. The summed E-state index contributed by atoms with van der Waals surface area (Å²) in [6.07, 6.45) is 3.98. The van der Waals surface area contributed by atoms with Crippen LogP contribution in [-0.2, 0) is 13.0 Å². The fourth-order valence-electron chi connectivity index (χ4n) is 2.59. The molecule has 1 N–H and O–H groups in total. The molecule has 0 unspecified atom stereocenters. The van der Waals surface area contributed by atoms with E-state index in [-0.39, 0.29) is 13.2 Å². The van der Waals surface area contributed by atoms with Gasteiger partial charge in [-0.05, 0) is 43.2 Å². The van der Waals surface area contributed by atoms with Crippen molar-refractivity contribution < 1.29 is 9.84 Å². The van der Waals surface area contributed by atoms with E-state index in [2.05, 4.69) is 16.2 Å². The Morgan fingerprint density at radius 2 is 1.88 bits per heavy atom. The average Bonchev–Trinajstić information content (AvgIpc) is 2.97. The maximum atomic E-state index is 9.46. The van der Waals surface area contributed by atoms with E-state index in [4.69, 9.17) is 9.84 Å². The van der Waals surface area contributed by atoms with Crippen LogP contribution in [0.4, 0.5) is 0 Å². The number of aliphatic hydroxyl groups is 1. The minimum Gasteiger partial charge on any atom is -0.487 e. The van der Waals surface area contributed by atoms with Gasteiger partial charge in [-0.3, -0.25) is 4.98 Å². The Kier molecular flexibility index (Phi) is 5.07. The smallest absolute Gasteiger partial charge is 0.132 e. The normalized spacial score (nSPS) is 10.4. The van der Waals surface area contributed by atoms with Crippen LogP contribution in [0.2, 0.25) is 0 Å². The Morgan fingerprint density at radius 3 is 2.52 bits per heavy atom. The molecule has 0 saturated carbocycles. The molecule has 0 saturated heterocycles. The van der Waals surface area contributed by atoms with Gasteiger partial charge in [0.2, 0.25) is 0 Å². The maximum absolute atomic E-state index is 9.46. The molecule has 6 nitrogen and oxygen atoms in total. The lowest BCUT2D eigenvalue weighted by Gasteiger charge is -2.10. The number of nitriles is 1. The fourth-order valence-corrected chi connectivity index (χ4v) is 2.59. The summed E-state index contributed by atoms with van der Waals surface area (Å²) in [5.74, 6) is 0.700. The lowest BCUT2D eigenvalue weighted by molar-refractivity contribution is 0.295. The van der Waals surface area contributed by atoms with Crippen molar-refractivity contribution in [2.45, 2.75) is 20.0 Å². The van der Waals surface area contributed by atoms with Gasteiger partial charge in [0, 0.05) is 19.0 Å². The first-order valence-electron chi connectivity index (χ1n) is 7.94. The highest BCUT2D eigenvalue weighted by atomic mass is 16.5. The lowest BCUT2D eigenvalue weighted by Crippen LogP contribution is -2.07. The molecule has 3 aromatic rings. The summed E-state index contributed by atoms with van der Waals surface area (Å²) in [7, 11) is 0. The number of benzene rings is 1. The molecule has 0 atom stereocenters. The van der Waals surface area contributed by atoms with E-state index in [1.807, 2.05) is 43.3 Å². The largest absolute Gasteiger partial charge is 0.487 e. The number of aromatic nitrogens is 3. The van der Waals surface area contributed by atoms with E-state index in [0.29, 0.717) is 29.1 Å². The van der Waals surface area contributed by atoms with Crippen LogP contribution in [0, 0.1) is 18.3 Å². The van der Waals surface area contributed by atoms with Gasteiger partial charge in [0.1, 0.15) is 24.0 Å². The number of rotatable bonds is 6. The van der Waals surface area contributed by atoms with Crippen molar-refractivity contribution >= 4 is 0 Å². The highest BCUT2D eigenvalue weighted by Crippen LogP contribution is 2.20. The first-order valence-corrected chi connectivity index (χ1v) is 7.94. The molecule has 25 heavy (non-hydrogen) atoms. The molecule has 0 aliphatic heterocycles.